The van der Waals surface area contributed by atoms with Crippen molar-refractivity contribution >= 4 is 0 Å². The average molecular weight is 462 g/mol. The van der Waals surface area contributed by atoms with E-state index in [-0.39, 0.29) is 18.0 Å². The van der Waals surface area contributed by atoms with Gasteiger partial charge < -0.3 is 14.2 Å². The van der Waals surface area contributed by atoms with Crippen LogP contribution in [-0.4, -0.2) is 34.8 Å². The van der Waals surface area contributed by atoms with E-state index in [4.69, 9.17) is 14.2 Å². The van der Waals surface area contributed by atoms with Crippen LogP contribution in [0.15, 0.2) is 25.3 Å². The van der Waals surface area contributed by atoms with Crippen LogP contribution in [0, 0.1) is 0 Å². The normalized spacial score (nSPS) is 10.7. The zero-order valence-corrected chi connectivity index (χ0v) is 21.1. The van der Waals surface area contributed by atoms with Gasteiger partial charge in [0.15, 0.2) is 0 Å². The minimum absolute atomic E-state index is 0.172. The molecule has 0 atom stereocenters. The summed E-state index contributed by atoms with van der Waals surface area (Å²) in [6.07, 6.45) is 24.8. The lowest BCUT2D eigenvalue weighted by atomic mass is 10.0. The van der Waals surface area contributed by atoms with Gasteiger partial charge in [-0.25, -0.2) is 0 Å². The van der Waals surface area contributed by atoms with Crippen molar-refractivity contribution in [2.24, 2.45) is 0 Å². The lowest BCUT2D eigenvalue weighted by molar-refractivity contribution is 0.248. The maximum Gasteiger partial charge on any atom is 0.326 e. The van der Waals surface area contributed by atoms with E-state index in [1.807, 2.05) is 0 Å². The Morgan fingerprint density at radius 2 is 0.848 bits per heavy atom. The van der Waals surface area contributed by atoms with E-state index >= 15 is 0 Å². The van der Waals surface area contributed by atoms with Crippen LogP contribution in [0.2, 0.25) is 0 Å². The zero-order chi connectivity index (χ0) is 23.8. The molecular formula is C27H47N3O3. The van der Waals surface area contributed by atoms with Crippen LogP contribution in [0.1, 0.15) is 110 Å². The second kappa shape index (κ2) is 21.7. The van der Waals surface area contributed by atoms with Gasteiger partial charge in [-0.15, -0.1) is 15.0 Å². The molecule has 0 saturated carbocycles. The summed E-state index contributed by atoms with van der Waals surface area (Å²) in [6.45, 7) is 10.7. The topological polar surface area (TPSA) is 66.4 Å². The van der Waals surface area contributed by atoms with Gasteiger partial charge in [0, 0.05) is 0 Å². The van der Waals surface area contributed by atoms with Gasteiger partial charge in [0.25, 0.3) is 0 Å². The molecular weight excluding hydrogens is 414 g/mol. The molecule has 188 valence electrons. The largest absolute Gasteiger partial charge is 0.463 e. The van der Waals surface area contributed by atoms with Gasteiger partial charge in [0.2, 0.25) is 0 Å². The molecule has 0 aliphatic heterocycles. The molecule has 0 bridgehead atoms. The molecule has 6 heteroatoms. The summed E-state index contributed by atoms with van der Waals surface area (Å²) in [5, 5.41) is 0. The van der Waals surface area contributed by atoms with E-state index in [1.165, 1.54) is 89.9 Å². The van der Waals surface area contributed by atoms with Crippen molar-refractivity contribution in [1.29, 1.82) is 0 Å². The first-order chi connectivity index (χ1) is 16.3. The van der Waals surface area contributed by atoms with Crippen LogP contribution < -0.4 is 14.2 Å². The summed E-state index contributed by atoms with van der Waals surface area (Å²) in [7, 11) is 0. The third-order valence-electron chi connectivity index (χ3n) is 5.46. The highest BCUT2D eigenvalue weighted by molar-refractivity contribution is 5.09. The fourth-order valence-corrected chi connectivity index (χ4v) is 3.59. The van der Waals surface area contributed by atoms with Crippen LogP contribution in [-0.2, 0) is 0 Å². The van der Waals surface area contributed by atoms with Crippen LogP contribution in [0.3, 0.4) is 0 Å². The van der Waals surface area contributed by atoms with Crippen LogP contribution in [0.25, 0.3) is 0 Å². The van der Waals surface area contributed by atoms with Crippen molar-refractivity contribution in [1.82, 2.24) is 15.0 Å². The summed E-state index contributed by atoms with van der Waals surface area (Å²) >= 11 is 0. The van der Waals surface area contributed by atoms with Gasteiger partial charge in [-0.1, -0.05) is 129 Å². The fraction of sp³-hybridized carbons (Fsp3) is 0.741. The first kappa shape index (κ1) is 28.9. The first-order valence-corrected chi connectivity index (χ1v) is 13.2. The van der Waals surface area contributed by atoms with Crippen molar-refractivity contribution in [3.63, 3.8) is 0 Å². The Balaban J connectivity index is 2.01. The standard InChI is InChI=1S/C27H47N3O3/c1-4-7-8-9-10-11-12-13-14-15-16-17-18-19-20-21-24-33-27-29-25(31-22-5-2)28-26(30-27)32-23-6-3/h5-6H,2-4,7-24H2,1H3. The number of aromatic nitrogens is 3. The predicted molar refractivity (Wildman–Crippen MR) is 136 cm³/mol. The number of hydrogen-bond donors (Lipinski definition) is 0. The zero-order valence-electron chi connectivity index (χ0n) is 21.1. The minimum atomic E-state index is 0.172. The fourth-order valence-electron chi connectivity index (χ4n) is 3.59. The summed E-state index contributed by atoms with van der Waals surface area (Å²) in [6, 6.07) is 0.570. The number of unbranched alkanes of at least 4 members (excludes halogenated alkanes) is 15. The minimum Gasteiger partial charge on any atom is -0.463 e. The number of nitrogens with zero attached hydrogens (tertiary/aromatic N) is 3. The molecule has 6 nitrogen and oxygen atoms in total. The third kappa shape index (κ3) is 17.1. The smallest absolute Gasteiger partial charge is 0.326 e. The number of ether oxygens (including phenoxy) is 3. The molecule has 1 aromatic rings. The van der Waals surface area contributed by atoms with Crippen molar-refractivity contribution in [3.05, 3.63) is 25.3 Å². The molecule has 33 heavy (non-hydrogen) atoms. The quantitative estimate of drug-likeness (QED) is 0.116. The molecule has 0 aliphatic carbocycles. The van der Waals surface area contributed by atoms with Gasteiger partial charge in [0.1, 0.15) is 13.2 Å². The highest BCUT2D eigenvalue weighted by Crippen LogP contribution is 2.16. The van der Waals surface area contributed by atoms with Gasteiger partial charge in [-0.2, -0.15) is 0 Å². The summed E-state index contributed by atoms with van der Waals surface area (Å²) in [4.78, 5) is 12.4. The second-order valence-corrected chi connectivity index (χ2v) is 8.53. The molecule has 1 aromatic heterocycles. The first-order valence-electron chi connectivity index (χ1n) is 13.2. The van der Waals surface area contributed by atoms with E-state index in [0.717, 1.165) is 12.8 Å². The molecule has 0 N–H and O–H groups in total. The second-order valence-electron chi connectivity index (χ2n) is 8.53. The molecule has 0 aromatic carbocycles. The van der Waals surface area contributed by atoms with E-state index in [2.05, 4.69) is 35.0 Å². The Morgan fingerprint density at radius 3 is 1.21 bits per heavy atom. The van der Waals surface area contributed by atoms with Crippen molar-refractivity contribution < 1.29 is 14.2 Å². The Labute approximate surface area is 202 Å². The predicted octanol–water partition coefficient (Wildman–Crippen LogP) is 7.64. The molecule has 0 aliphatic rings. The van der Waals surface area contributed by atoms with Crippen LogP contribution in [0.5, 0.6) is 18.0 Å². The molecule has 1 heterocycles. The molecule has 0 spiro atoms. The molecule has 0 radical (unpaired) electrons. The van der Waals surface area contributed by atoms with E-state index in [0.29, 0.717) is 19.8 Å². The highest BCUT2D eigenvalue weighted by atomic mass is 16.5. The Bertz CT molecular complexity index is 580. The van der Waals surface area contributed by atoms with E-state index in [1.54, 1.807) is 12.2 Å². The lowest BCUT2D eigenvalue weighted by Crippen LogP contribution is -2.08. The molecule has 0 amide bonds. The maximum atomic E-state index is 5.69. The van der Waals surface area contributed by atoms with Gasteiger partial charge in [-0.3, -0.25) is 0 Å². The summed E-state index contributed by atoms with van der Waals surface area (Å²) in [5.41, 5.74) is 0. The monoisotopic (exact) mass is 461 g/mol. The SMILES string of the molecule is C=CCOc1nc(OCC=C)nc(OCCCCCCCCCCCCCCCCCC)n1. The summed E-state index contributed by atoms with van der Waals surface area (Å²) in [5.74, 6) is 0. The summed E-state index contributed by atoms with van der Waals surface area (Å²) < 4.78 is 16.5. The molecule has 0 saturated heterocycles. The molecule has 1 rings (SSSR count). The van der Waals surface area contributed by atoms with Gasteiger partial charge in [-0.05, 0) is 6.42 Å². The van der Waals surface area contributed by atoms with Gasteiger partial charge >= 0.3 is 18.0 Å². The van der Waals surface area contributed by atoms with Gasteiger partial charge in [0.05, 0.1) is 6.61 Å². The number of hydrogen-bond acceptors (Lipinski definition) is 6. The van der Waals surface area contributed by atoms with Crippen molar-refractivity contribution in [2.75, 3.05) is 19.8 Å². The maximum absolute atomic E-state index is 5.69. The molecule has 0 fully saturated rings. The Kier molecular flexibility index (Phi) is 19.0. The van der Waals surface area contributed by atoms with Crippen LogP contribution >= 0.6 is 0 Å². The highest BCUT2D eigenvalue weighted by Gasteiger charge is 2.09. The lowest BCUT2D eigenvalue weighted by Gasteiger charge is -2.08. The number of rotatable bonds is 24. The van der Waals surface area contributed by atoms with Crippen molar-refractivity contribution in [2.45, 2.75) is 110 Å². The average Bonchev–Trinajstić information content (AvgIpc) is 2.83. The van der Waals surface area contributed by atoms with Crippen molar-refractivity contribution in [3.8, 4) is 18.0 Å². The Morgan fingerprint density at radius 1 is 0.515 bits per heavy atom. The van der Waals surface area contributed by atoms with E-state index < -0.39 is 0 Å². The molecule has 0 unspecified atom stereocenters. The van der Waals surface area contributed by atoms with Crippen LogP contribution in [0.4, 0.5) is 0 Å². The third-order valence-corrected chi connectivity index (χ3v) is 5.46. The Hall–Kier alpha value is -2.11. The van der Waals surface area contributed by atoms with E-state index in [9.17, 15) is 0 Å².